The van der Waals surface area contributed by atoms with E-state index in [1.807, 2.05) is 19.1 Å². The number of amides is 2. The predicted octanol–water partition coefficient (Wildman–Crippen LogP) is 1.90. The van der Waals surface area contributed by atoms with Crippen molar-refractivity contribution in [3.63, 3.8) is 0 Å². The fourth-order valence-corrected chi connectivity index (χ4v) is 4.59. The molecule has 0 aliphatic carbocycles. The molecular formula is C20H23N3O5S. The van der Waals surface area contributed by atoms with Crippen molar-refractivity contribution in [3.05, 3.63) is 53.6 Å². The van der Waals surface area contributed by atoms with E-state index in [9.17, 15) is 18.0 Å². The second-order valence-corrected chi connectivity index (χ2v) is 8.77. The molecule has 0 spiro atoms. The normalized spacial score (nSPS) is 14.5. The minimum Gasteiger partial charge on any atom is -0.483 e. The summed E-state index contributed by atoms with van der Waals surface area (Å²) < 4.78 is 32.2. The van der Waals surface area contributed by atoms with Crippen LogP contribution in [0.15, 0.2) is 47.4 Å². The number of hydrogen-bond donors (Lipinski definition) is 2. The summed E-state index contributed by atoms with van der Waals surface area (Å²) in [7, 11) is -3.70. The number of carbonyl (C=O) groups is 2. The van der Waals surface area contributed by atoms with Crippen LogP contribution in [0.1, 0.15) is 28.8 Å². The summed E-state index contributed by atoms with van der Waals surface area (Å²) in [6.07, 6.45) is 1.61. The summed E-state index contributed by atoms with van der Waals surface area (Å²) in [6.45, 7) is 2.48. The van der Waals surface area contributed by atoms with Crippen LogP contribution in [0.4, 0.5) is 5.69 Å². The SMILES string of the molecule is Cc1ccc(NC(=O)COc2ccc(S(=O)(=O)N3CCCC3)cc2C(N)=O)cc1. The fraction of sp³-hybridized carbons (Fsp3) is 0.300. The molecule has 9 heteroatoms. The highest BCUT2D eigenvalue weighted by molar-refractivity contribution is 7.89. The number of benzene rings is 2. The third kappa shape index (κ3) is 4.93. The van der Waals surface area contributed by atoms with Crippen LogP contribution in [0.2, 0.25) is 0 Å². The van der Waals surface area contributed by atoms with Crippen LogP contribution in [-0.4, -0.2) is 44.2 Å². The van der Waals surface area contributed by atoms with E-state index in [-0.39, 0.29) is 22.8 Å². The standard InChI is InChI=1S/C20H23N3O5S/c1-14-4-6-15(7-5-14)22-19(24)13-28-18-9-8-16(12-17(18)20(21)25)29(26,27)23-10-2-3-11-23/h4-9,12H,2-3,10-11,13H2,1H3,(H2,21,25)(H,22,24). The summed E-state index contributed by atoms with van der Waals surface area (Å²) in [4.78, 5) is 23.9. The van der Waals surface area contributed by atoms with Crippen molar-refractivity contribution in [2.24, 2.45) is 5.73 Å². The van der Waals surface area contributed by atoms with Gasteiger partial charge in [0, 0.05) is 18.8 Å². The molecule has 3 rings (SSSR count). The molecule has 2 amide bonds. The third-order valence-corrected chi connectivity index (χ3v) is 6.51. The van der Waals surface area contributed by atoms with E-state index in [0.29, 0.717) is 18.8 Å². The zero-order chi connectivity index (χ0) is 21.0. The molecule has 29 heavy (non-hydrogen) atoms. The largest absolute Gasteiger partial charge is 0.483 e. The Kier molecular flexibility index (Phi) is 6.19. The monoisotopic (exact) mass is 417 g/mol. The first-order valence-corrected chi connectivity index (χ1v) is 10.6. The first-order chi connectivity index (χ1) is 13.8. The van der Waals surface area contributed by atoms with Crippen molar-refractivity contribution in [1.82, 2.24) is 4.31 Å². The summed E-state index contributed by atoms with van der Waals surface area (Å²) in [5, 5.41) is 2.68. The molecule has 1 aliphatic heterocycles. The second kappa shape index (κ2) is 8.62. The topological polar surface area (TPSA) is 119 Å². The van der Waals surface area contributed by atoms with E-state index < -0.39 is 21.8 Å². The molecule has 154 valence electrons. The maximum absolute atomic E-state index is 12.7. The number of nitrogens with zero attached hydrogens (tertiary/aromatic N) is 1. The van der Waals surface area contributed by atoms with Gasteiger partial charge in [-0.3, -0.25) is 9.59 Å². The Morgan fingerprint density at radius 1 is 1.10 bits per heavy atom. The van der Waals surface area contributed by atoms with Gasteiger partial charge in [0.25, 0.3) is 11.8 Å². The summed E-state index contributed by atoms with van der Waals surface area (Å²) >= 11 is 0. The van der Waals surface area contributed by atoms with Crippen molar-refractivity contribution in [1.29, 1.82) is 0 Å². The number of ether oxygens (including phenoxy) is 1. The molecular weight excluding hydrogens is 394 g/mol. The van der Waals surface area contributed by atoms with Crippen molar-refractivity contribution >= 4 is 27.5 Å². The molecule has 1 fully saturated rings. The van der Waals surface area contributed by atoms with Crippen molar-refractivity contribution in [3.8, 4) is 5.75 Å². The first-order valence-electron chi connectivity index (χ1n) is 9.21. The van der Waals surface area contributed by atoms with Crippen molar-refractivity contribution in [2.75, 3.05) is 25.0 Å². The van der Waals surface area contributed by atoms with Crippen LogP contribution in [0.25, 0.3) is 0 Å². The fourth-order valence-electron chi connectivity index (χ4n) is 3.04. The number of sulfonamides is 1. The molecule has 0 saturated carbocycles. The van der Waals surface area contributed by atoms with Crippen LogP contribution in [0.3, 0.4) is 0 Å². The van der Waals surface area contributed by atoms with E-state index in [4.69, 9.17) is 10.5 Å². The van der Waals surface area contributed by atoms with Gasteiger partial charge in [0.05, 0.1) is 10.5 Å². The number of nitrogens with one attached hydrogen (secondary N) is 1. The molecule has 0 aromatic heterocycles. The van der Waals surface area contributed by atoms with Gasteiger partial charge in [0.2, 0.25) is 10.0 Å². The van der Waals surface area contributed by atoms with Gasteiger partial charge in [0.15, 0.2) is 6.61 Å². The zero-order valence-electron chi connectivity index (χ0n) is 16.1. The molecule has 0 unspecified atom stereocenters. The van der Waals surface area contributed by atoms with Crippen molar-refractivity contribution < 1.29 is 22.7 Å². The number of rotatable bonds is 7. The van der Waals surface area contributed by atoms with Gasteiger partial charge in [-0.25, -0.2) is 8.42 Å². The third-order valence-electron chi connectivity index (χ3n) is 4.61. The molecule has 8 nitrogen and oxygen atoms in total. The maximum atomic E-state index is 12.7. The number of nitrogens with two attached hydrogens (primary N) is 1. The van der Waals surface area contributed by atoms with Crippen LogP contribution in [0, 0.1) is 6.92 Å². The Balaban J connectivity index is 1.73. The van der Waals surface area contributed by atoms with E-state index in [1.165, 1.54) is 22.5 Å². The highest BCUT2D eigenvalue weighted by Crippen LogP contribution is 2.26. The number of anilines is 1. The highest BCUT2D eigenvalue weighted by atomic mass is 32.2. The Labute approximate surface area is 169 Å². The lowest BCUT2D eigenvalue weighted by molar-refractivity contribution is -0.118. The van der Waals surface area contributed by atoms with E-state index >= 15 is 0 Å². The highest BCUT2D eigenvalue weighted by Gasteiger charge is 2.28. The number of carbonyl (C=O) groups excluding carboxylic acids is 2. The van der Waals surface area contributed by atoms with E-state index in [1.54, 1.807) is 12.1 Å². The quantitative estimate of drug-likeness (QED) is 0.713. The van der Waals surface area contributed by atoms with Gasteiger partial charge in [-0.15, -0.1) is 0 Å². The maximum Gasteiger partial charge on any atom is 0.262 e. The lowest BCUT2D eigenvalue weighted by Gasteiger charge is -2.17. The van der Waals surface area contributed by atoms with E-state index in [2.05, 4.69) is 5.32 Å². The summed E-state index contributed by atoms with van der Waals surface area (Å²) in [5.74, 6) is -1.20. The van der Waals surface area contributed by atoms with Crippen LogP contribution >= 0.6 is 0 Å². The number of aryl methyl sites for hydroxylation is 1. The zero-order valence-corrected chi connectivity index (χ0v) is 16.9. The first kappa shape index (κ1) is 20.8. The van der Waals surface area contributed by atoms with Gasteiger partial charge in [-0.2, -0.15) is 4.31 Å². The molecule has 0 atom stereocenters. The summed E-state index contributed by atoms with van der Waals surface area (Å²) in [6, 6.07) is 11.2. The molecule has 0 radical (unpaired) electrons. The number of primary amides is 1. The Bertz CT molecular complexity index is 1010. The van der Waals surface area contributed by atoms with Crippen molar-refractivity contribution in [2.45, 2.75) is 24.7 Å². The summed E-state index contributed by atoms with van der Waals surface area (Å²) in [5.41, 5.74) is 6.99. The lowest BCUT2D eigenvalue weighted by Crippen LogP contribution is -2.28. The van der Waals surface area contributed by atoms with Gasteiger partial charge >= 0.3 is 0 Å². The minimum absolute atomic E-state index is 0.0235. The van der Waals surface area contributed by atoms with Gasteiger partial charge in [-0.05, 0) is 50.1 Å². The van der Waals surface area contributed by atoms with Gasteiger partial charge in [-0.1, -0.05) is 17.7 Å². The Morgan fingerprint density at radius 3 is 2.38 bits per heavy atom. The smallest absolute Gasteiger partial charge is 0.262 e. The Morgan fingerprint density at radius 2 is 1.76 bits per heavy atom. The molecule has 2 aromatic carbocycles. The van der Waals surface area contributed by atoms with Gasteiger partial charge < -0.3 is 15.8 Å². The van der Waals surface area contributed by atoms with E-state index in [0.717, 1.165) is 18.4 Å². The predicted molar refractivity (Wildman–Crippen MR) is 108 cm³/mol. The Hall–Kier alpha value is -2.91. The second-order valence-electron chi connectivity index (χ2n) is 6.84. The average Bonchev–Trinajstić information content (AvgIpc) is 3.23. The lowest BCUT2D eigenvalue weighted by atomic mass is 10.2. The molecule has 1 aliphatic rings. The molecule has 1 heterocycles. The van der Waals surface area contributed by atoms with Crippen LogP contribution in [-0.2, 0) is 14.8 Å². The molecule has 1 saturated heterocycles. The van der Waals surface area contributed by atoms with Crippen LogP contribution in [0.5, 0.6) is 5.75 Å². The molecule has 3 N–H and O–H groups in total. The number of hydrogen-bond acceptors (Lipinski definition) is 5. The van der Waals surface area contributed by atoms with Crippen LogP contribution < -0.4 is 15.8 Å². The van der Waals surface area contributed by atoms with Gasteiger partial charge in [0.1, 0.15) is 5.75 Å². The molecule has 0 bridgehead atoms. The average molecular weight is 417 g/mol. The minimum atomic E-state index is -3.70. The molecule has 2 aromatic rings.